The quantitative estimate of drug-likeness (QED) is 0.731. The molecule has 2 rings (SSSR count). The summed E-state index contributed by atoms with van der Waals surface area (Å²) >= 11 is 1.57. The van der Waals surface area contributed by atoms with Gasteiger partial charge < -0.3 is 14.5 Å². The number of carboxylic acids is 1. The van der Waals surface area contributed by atoms with Crippen LogP contribution in [0.5, 0.6) is 0 Å². The highest BCUT2D eigenvalue weighted by Crippen LogP contribution is 2.22. The average Bonchev–Trinajstić information content (AvgIpc) is 2.87. The zero-order valence-corrected chi connectivity index (χ0v) is 13.0. The highest BCUT2D eigenvalue weighted by Gasteiger charge is 2.10. The summed E-state index contributed by atoms with van der Waals surface area (Å²) < 4.78 is 2.11. The number of aryl methyl sites for hydroxylation is 1. The highest BCUT2D eigenvalue weighted by atomic mass is 32.2. The molecule has 0 aliphatic carbocycles. The van der Waals surface area contributed by atoms with Gasteiger partial charge in [0, 0.05) is 18.7 Å². The molecule has 21 heavy (non-hydrogen) atoms. The number of thioether (sulfide) groups is 1. The third-order valence-electron chi connectivity index (χ3n) is 3.11. The first kappa shape index (κ1) is 15.6. The van der Waals surface area contributed by atoms with Crippen LogP contribution in [0.4, 0.5) is 0 Å². The van der Waals surface area contributed by atoms with E-state index in [1.165, 1.54) is 6.07 Å². The number of hydrogen-bond donors (Lipinski definition) is 0. The Morgan fingerprint density at radius 1 is 1.33 bits per heavy atom. The average molecular weight is 304 g/mol. The molecule has 0 amide bonds. The first-order chi connectivity index (χ1) is 10.2. The SMILES string of the molecule is CCCc1nnc(SCc2cccc(C(=O)[O-])c2)n1CC. The minimum Gasteiger partial charge on any atom is -0.545 e. The van der Waals surface area contributed by atoms with Crippen LogP contribution >= 0.6 is 11.8 Å². The van der Waals surface area contributed by atoms with Gasteiger partial charge in [0.25, 0.3) is 0 Å². The van der Waals surface area contributed by atoms with Gasteiger partial charge in [-0.05, 0) is 30.5 Å². The number of aromatic nitrogens is 3. The lowest BCUT2D eigenvalue weighted by Crippen LogP contribution is -2.22. The topological polar surface area (TPSA) is 70.8 Å². The van der Waals surface area contributed by atoms with Crippen LogP contribution in [0.3, 0.4) is 0 Å². The number of hydrogen-bond acceptors (Lipinski definition) is 5. The summed E-state index contributed by atoms with van der Waals surface area (Å²) in [5.74, 6) is 0.514. The van der Waals surface area contributed by atoms with Gasteiger partial charge >= 0.3 is 0 Å². The van der Waals surface area contributed by atoms with Crippen LogP contribution in [-0.4, -0.2) is 20.7 Å². The summed E-state index contributed by atoms with van der Waals surface area (Å²) in [5, 5.41) is 20.2. The molecule has 1 heterocycles. The molecule has 0 saturated carbocycles. The Bertz CT molecular complexity index is 625. The van der Waals surface area contributed by atoms with Gasteiger partial charge in [-0.25, -0.2) is 0 Å². The van der Waals surface area contributed by atoms with E-state index in [9.17, 15) is 9.90 Å². The van der Waals surface area contributed by atoms with E-state index in [1.807, 2.05) is 6.07 Å². The predicted molar refractivity (Wildman–Crippen MR) is 80.0 cm³/mol. The Morgan fingerprint density at radius 3 is 2.81 bits per heavy atom. The Morgan fingerprint density at radius 2 is 2.14 bits per heavy atom. The van der Waals surface area contributed by atoms with Gasteiger partial charge in [-0.15, -0.1) is 10.2 Å². The van der Waals surface area contributed by atoms with Gasteiger partial charge in [0.1, 0.15) is 5.82 Å². The van der Waals surface area contributed by atoms with Crippen LogP contribution in [0.25, 0.3) is 0 Å². The third-order valence-corrected chi connectivity index (χ3v) is 4.15. The molecule has 0 spiro atoms. The van der Waals surface area contributed by atoms with E-state index >= 15 is 0 Å². The molecule has 0 bridgehead atoms. The van der Waals surface area contributed by atoms with Crippen molar-refractivity contribution in [2.24, 2.45) is 0 Å². The zero-order chi connectivity index (χ0) is 15.2. The largest absolute Gasteiger partial charge is 0.545 e. The van der Waals surface area contributed by atoms with E-state index in [4.69, 9.17) is 0 Å². The van der Waals surface area contributed by atoms with Crippen LogP contribution in [-0.2, 0) is 18.7 Å². The van der Waals surface area contributed by atoms with E-state index in [2.05, 4.69) is 28.6 Å². The van der Waals surface area contributed by atoms with Gasteiger partial charge in [-0.3, -0.25) is 0 Å². The standard InChI is InChI=1S/C15H19N3O2S/c1-3-6-13-16-17-15(18(13)4-2)21-10-11-7-5-8-12(9-11)14(19)20/h5,7-9H,3-4,6,10H2,1-2H3,(H,19,20)/p-1. The maximum Gasteiger partial charge on any atom is 0.191 e. The molecule has 0 radical (unpaired) electrons. The van der Waals surface area contributed by atoms with Crippen molar-refractivity contribution in [1.82, 2.24) is 14.8 Å². The lowest BCUT2D eigenvalue weighted by atomic mass is 10.1. The van der Waals surface area contributed by atoms with Crippen LogP contribution in [0, 0.1) is 0 Å². The number of aromatic carboxylic acids is 1. The number of rotatable bonds is 7. The number of carboxylic acid groups (broad SMARTS) is 1. The van der Waals surface area contributed by atoms with E-state index in [0.717, 1.165) is 35.9 Å². The van der Waals surface area contributed by atoms with Crippen molar-refractivity contribution in [3.8, 4) is 0 Å². The molecule has 1 aromatic carbocycles. The van der Waals surface area contributed by atoms with Gasteiger partial charge in [-0.2, -0.15) is 0 Å². The lowest BCUT2D eigenvalue weighted by Gasteiger charge is -2.08. The van der Waals surface area contributed by atoms with E-state index in [1.54, 1.807) is 23.9 Å². The molecule has 112 valence electrons. The molecular weight excluding hydrogens is 286 g/mol. The van der Waals surface area contributed by atoms with Gasteiger partial charge in [0.15, 0.2) is 5.16 Å². The molecular formula is C15H18N3O2S-. The Kier molecular flexibility index (Phi) is 5.38. The predicted octanol–water partition coefficient (Wildman–Crippen LogP) is 1.91. The second kappa shape index (κ2) is 7.26. The number of benzene rings is 1. The number of carbonyl (C=O) groups is 1. The Hall–Kier alpha value is -1.82. The molecule has 0 unspecified atom stereocenters. The van der Waals surface area contributed by atoms with Crippen LogP contribution < -0.4 is 5.11 Å². The molecule has 0 aliphatic heterocycles. The van der Waals surface area contributed by atoms with Crippen LogP contribution in [0.2, 0.25) is 0 Å². The summed E-state index contributed by atoms with van der Waals surface area (Å²) in [5.41, 5.74) is 1.14. The highest BCUT2D eigenvalue weighted by molar-refractivity contribution is 7.98. The smallest absolute Gasteiger partial charge is 0.191 e. The minimum atomic E-state index is -1.15. The first-order valence-electron chi connectivity index (χ1n) is 7.00. The third kappa shape index (κ3) is 3.85. The van der Waals surface area contributed by atoms with Crippen molar-refractivity contribution in [1.29, 1.82) is 0 Å². The molecule has 0 saturated heterocycles. The summed E-state index contributed by atoms with van der Waals surface area (Å²) in [6, 6.07) is 6.81. The molecule has 0 atom stereocenters. The normalized spacial score (nSPS) is 10.8. The molecule has 1 aromatic heterocycles. The Balaban J connectivity index is 2.09. The first-order valence-corrected chi connectivity index (χ1v) is 7.99. The Labute approximate surface area is 128 Å². The summed E-state index contributed by atoms with van der Waals surface area (Å²) in [4.78, 5) is 10.9. The van der Waals surface area contributed by atoms with Crippen LogP contribution in [0.1, 0.15) is 42.0 Å². The molecule has 2 aromatic rings. The second-order valence-electron chi connectivity index (χ2n) is 4.67. The molecule has 0 aliphatic rings. The summed E-state index contributed by atoms with van der Waals surface area (Å²) in [6.45, 7) is 5.03. The van der Waals surface area contributed by atoms with Crippen molar-refractivity contribution in [2.45, 2.75) is 44.1 Å². The monoisotopic (exact) mass is 304 g/mol. The van der Waals surface area contributed by atoms with Crippen LogP contribution in [0.15, 0.2) is 29.4 Å². The minimum absolute atomic E-state index is 0.205. The van der Waals surface area contributed by atoms with Gasteiger partial charge in [0.05, 0.1) is 5.97 Å². The summed E-state index contributed by atoms with van der Waals surface area (Å²) in [6.07, 6.45) is 1.96. The summed E-state index contributed by atoms with van der Waals surface area (Å²) in [7, 11) is 0. The fraction of sp³-hybridized carbons (Fsp3) is 0.400. The fourth-order valence-electron chi connectivity index (χ4n) is 2.09. The van der Waals surface area contributed by atoms with E-state index in [0.29, 0.717) is 5.75 Å². The van der Waals surface area contributed by atoms with E-state index < -0.39 is 5.97 Å². The zero-order valence-electron chi connectivity index (χ0n) is 12.2. The van der Waals surface area contributed by atoms with Crippen molar-refractivity contribution in [3.05, 3.63) is 41.2 Å². The molecule has 0 N–H and O–H groups in total. The molecule has 0 fully saturated rings. The van der Waals surface area contributed by atoms with Crippen molar-refractivity contribution in [3.63, 3.8) is 0 Å². The fourth-order valence-corrected chi connectivity index (χ4v) is 3.05. The van der Waals surface area contributed by atoms with Crippen molar-refractivity contribution in [2.75, 3.05) is 0 Å². The van der Waals surface area contributed by atoms with Crippen molar-refractivity contribution >= 4 is 17.7 Å². The second-order valence-corrected chi connectivity index (χ2v) is 5.61. The molecule has 5 nitrogen and oxygen atoms in total. The lowest BCUT2D eigenvalue weighted by molar-refractivity contribution is -0.255. The van der Waals surface area contributed by atoms with Gasteiger partial charge in [0.2, 0.25) is 0 Å². The maximum absolute atomic E-state index is 10.9. The molecule has 6 heteroatoms. The van der Waals surface area contributed by atoms with Crippen molar-refractivity contribution < 1.29 is 9.90 Å². The van der Waals surface area contributed by atoms with E-state index in [-0.39, 0.29) is 5.56 Å². The number of nitrogens with zero attached hydrogens (tertiary/aromatic N) is 3. The maximum atomic E-state index is 10.9. The van der Waals surface area contributed by atoms with Gasteiger partial charge in [-0.1, -0.05) is 36.9 Å². The number of carbonyl (C=O) groups excluding carboxylic acids is 1.